The van der Waals surface area contributed by atoms with E-state index in [1.165, 1.54) is 0 Å². The maximum Gasteiger partial charge on any atom is 0.217 e. The molecule has 17 heavy (non-hydrogen) atoms. The van der Waals surface area contributed by atoms with Gasteiger partial charge in [-0.15, -0.1) is 0 Å². The molecule has 0 aliphatic rings. The molecule has 1 rings (SSSR count). The maximum absolute atomic E-state index is 13.2. The second-order valence-electron chi connectivity index (χ2n) is 4.18. The van der Waals surface area contributed by atoms with E-state index < -0.39 is 0 Å². The van der Waals surface area contributed by atoms with Crippen LogP contribution in [0.2, 0.25) is 0 Å². The highest BCUT2D eigenvalue weighted by Gasteiger charge is 1.99. The topological polar surface area (TPSA) is 55.1 Å². The molecule has 1 amide bonds. The molecule has 0 saturated heterocycles. The highest BCUT2D eigenvalue weighted by Crippen LogP contribution is 2.08. The number of unbranched alkanes of at least 4 members (excludes halogenated alkanes) is 1. The van der Waals surface area contributed by atoms with Crippen LogP contribution in [0, 0.1) is 12.7 Å². The van der Waals surface area contributed by atoms with Crippen molar-refractivity contribution in [3.63, 3.8) is 0 Å². The first kappa shape index (κ1) is 13.6. The average Bonchev–Trinajstić information content (AvgIpc) is 2.27. The molecule has 0 fully saturated rings. The number of halogens is 1. The van der Waals surface area contributed by atoms with Crippen molar-refractivity contribution in [1.29, 1.82) is 0 Å². The van der Waals surface area contributed by atoms with Crippen molar-refractivity contribution in [1.82, 2.24) is 5.32 Å². The first-order chi connectivity index (χ1) is 8.09. The number of hydrogen-bond acceptors (Lipinski definition) is 2. The highest BCUT2D eigenvalue weighted by atomic mass is 19.1. The van der Waals surface area contributed by atoms with Crippen molar-refractivity contribution < 1.29 is 9.18 Å². The molecule has 0 heterocycles. The lowest BCUT2D eigenvalue weighted by atomic mass is 10.1. The molecule has 0 saturated carbocycles. The molecular weight excluding hydrogens is 219 g/mol. The van der Waals surface area contributed by atoms with Crippen LogP contribution < -0.4 is 11.1 Å². The number of benzene rings is 1. The second kappa shape index (κ2) is 7.01. The third kappa shape index (κ3) is 5.45. The molecule has 0 radical (unpaired) electrons. The monoisotopic (exact) mass is 238 g/mol. The summed E-state index contributed by atoms with van der Waals surface area (Å²) in [4.78, 5) is 10.5. The number of rotatable bonds is 7. The fourth-order valence-corrected chi connectivity index (χ4v) is 1.53. The molecule has 0 bridgehead atoms. The molecule has 0 aliphatic carbocycles. The smallest absolute Gasteiger partial charge is 0.217 e. The fraction of sp³-hybridized carbons (Fsp3) is 0.462. The molecule has 0 aromatic heterocycles. The zero-order chi connectivity index (χ0) is 12.7. The molecule has 94 valence electrons. The Balaban J connectivity index is 2.18. The lowest BCUT2D eigenvalue weighted by Crippen LogP contribution is -2.16. The number of primary amides is 1. The van der Waals surface area contributed by atoms with Gasteiger partial charge in [-0.3, -0.25) is 4.79 Å². The van der Waals surface area contributed by atoms with Crippen LogP contribution in [0.1, 0.15) is 30.4 Å². The summed E-state index contributed by atoms with van der Waals surface area (Å²) < 4.78 is 13.2. The number of aryl methyl sites for hydroxylation is 1. The van der Waals surface area contributed by atoms with Crippen molar-refractivity contribution >= 4 is 5.91 Å². The van der Waals surface area contributed by atoms with Crippen LogP contribution in [0.4, 0.5) is 4.39 Å². The van der Waals surface area contributed by atoms with Gasteiger partial charge in [-0.05, 0) is 43.5 Å². The zero-order valence-electron chi connectivity index (χ0n) is 10.1. The molecule has 3 N–H and O–H groups in total. The Morgan fingerprint density at radius 2 is 2.18 bits per heavy atom. The molecule has 0 unspecified atom stereocenters. The Morgan fingerprint density at radius 1 is 1.41 bits per heavy atom. The summed E-state index contributed by atoms with van der Waals surface area (Å²) in [6, 6.07) is 5.24. The van der Waals surface area contributed by atoms with E-state index in [-0.39, 0.29) is 11.7 Å². The Labute approximate surface area is 101 Å². The number of nitrogens with one attached hydrogen (secondary N) is 1. The van der Waals surface area contributed by atoms with Crippen LogP contribution in [0.5, 0.6) is 0 Å². The zero-order valence-corrected chi connectivity index (χ0v) is 10.1. The summed E-state index contributed by atoms with van der Waals surface area (Å²) in [7, 11) is 0. The first-order valence-electron chi connectivity index (χ1n) is 5.83. The molecule has 0 atom stereocenters. The number of amides is 1. The van der Waals surface area contributed by atoms with Crippen molar-refractivity contribution in [3.8, 4) is 0 Å². The van der Waals surface area contributed by atoms with Gasteiger partial charge in [0.05, 0.1) is 0 Å². The van der Waals surface area contributed by atoms with E-state index in [0.717, 1.165) is 24.9 Å². The number of hydrogen-bond donors (Lipinski definition) is 2. The quantitative estimate of drug-likeness (QED) is 0.713. The van der Waals surface area contributed by atoms with Crippen LogP contribution in [-0.4, -0.2) is 12.5 Å². The molecule has 0 spiro atoms. The van der Waals surface area contributed by atoms with Crippen LogP contribution in [-0.2, 0) is 11.3 Å². The standard InChI is InChI=1S/C13H19FN2O/c1-10-5-6-11(8-12(10)14)9-16-7-3-2-4-13(15)17/h5-6,8,16H,2-4,7,9H2,1H3,(H2,15,17). The minimum absolute atomic E-state index is 0.168. The Hall–Kier alpha value is -1.42. The summed E-state index contributed by atoms with van der Waals surface area (Å²) in [6.45, 7) is 3.20. The summed E-state index contributed by atoms with van der Waals surface area (Å²) in [5, 5.41) is 3.20. The van der Waals surface area contributed by atoms with Gasteiger partial charge in [0.15, 0.2) is 0 Å². The van der Waals surface area contributed by atoms with Gasteiger partial charge in [0.1, 0.15) is 5.82 Å². The highest BCUT2D eigenvalue weighted by molar-refractivity contribution is 5.73. The van der Waals surface area contributed by atoms with E-state index >= 15 is 0 Å². The molecular formula is C13H19FN2O. The largest absolute Gasteiger partial charge is 0.370 e. The minimum atomic E-state index is -0.259. The van der Waals surface area contributed by atoms with Gasteiger partial charge in [-0.25, -0.2) is 4.39 Å². The summed E-state index contributed by atoms with van der Waals surface area (Å²) in [5.41, 5.74) is 6.62. The summed E-state index contributed by atoms with van der Waals surface area (Å²) in [5.74, 6) is -0.427. The van der Waals surface area contributed by atoms with E-state index in [9.17, 15) is 9.18 Å². The Kier molecular flexibility index (Phi) is 5.63. The van der Waals surface area contributed by atoms with Gasteiger partial charge in [0.2, 0.25) is 5.91 Å². The van der Waals surface area contributed by atoms with Crippen LogP contribution >= 0.6 is 0 Å². The first-order valence-corrected chi connectivity index (χ1v) is 5.83. The van der Waals surface area contributed by atoms with E-state index in [2.05, 4.69) is 5.32 Å². The number of carbonyl (C=O) groups is 1. The summed E-state index contributed by atoms with van der Waals surface area (Å²) >= 11 is 0. The van der Waals surface area contributed by atoms with Gasteiger partial charge in [0.25, 0.3) is 0 Å². The second-order valence-corrected chi connectivity index (χ2v) is 4.18. The minimum Gasteiger partial charge on any atom is -0.370 e. The molecule has 4 heteroatoms. The summed E-state index contributed by atoms with van der Waals surface area (Å²) in [6.07, 6.45) is 2.13. The normalized spacial score (nSPS) is 10.5. The van der Waals surface area contributed by atoms with Crippen molar-refractivity contribution in [2.75, 3.05) is 6.54 Å². The van der Waals surface area contributed by atoms with Crippen LogP contribution in [0.25, 0.3) is 0 Å². The molecule has 0 aliphatic heterocycles. The van der Waals surface area contributed by atoms with Crippen molar-refractivity contribution in [3.05, 3.63) is 35.1 Å². The van der Waals surface area contributed by atoms with Gasteiger partial charge in [0, 0.05) is 13.0 Å². The van der Waals surface area contributed by atoms with E-state index in [1.807, 2.05) is 6.07 Å². The predicted molar refractivity (Wildman–Crippen MR) is 65.9 cm³/mol. The van der Waals surface area contributed by atoms with Gasteiger partial charge < -0.3 is 11.1 Å². The number of carbonyl (C=O) groups excluding carboxylic acids is 1. The van der Waals surface area contributed by atoms with E-state index in [4.69, 9.17) is 5.73 Å². The average molecular weight is 238 g/mol. The Morgan fingerprint density at radius 3 is 2.82 bits per heavy atom. The van der Waals surface area contributed by atoms with E-state index in [0.29, 0.717) is 18.5 Å². The van der Waals surface area contributed by atoms with Crippen LogP contribution in [0.3, 0.4) is 0 Å². The molecule has 1 aromatic carbocycles. The third-order valence-electron chi connectivity index (χ3n) is 2.59. The molecule has 1 aromatic rings. The van der Waals surface area contributed by atoms with Crippen molar-refractivity contribution in [2.45, 2.75) is 32.7 Å². The Bertz CT molecular complexity index is 380. The van der Waals surface area contributed by atoms with E-state index in [1.54, 1.807) is 19.1 Å². The number of nitrogens with two attached hydrogens (primary N) is 1. The molecule has 3 nitrogen and oxygen atoms in total. The van der Waals surface area contributed by atoms with Crippen molar-refractivity contribution in [2.24, 2.45) is 5.73 Å². The maximum atomic E-state index is 13.2. The van der Waals surface area contributed by atoms with Crippen LogP contribution in [0.15, 0.2) is 18.2 Å². The fourth-order valence-electron chi connectivity index (χ4n) is 1.53. The van der Waals surface area contributed by atoms with Gasteiger partial charge in [-0.2, -0.15) is 0 Å². The lowest BCUT2D eigenvalue weighted by molar-refractivity contribution is -0.118. The van der Waals surface area contributed by atoms with Gasteiger partial charge >= 0.3 is 0 Å². The SMILES string of the molecule is Cc1ccc(CNCCCCC(N)=O)cc1F. The lowest BCUT2D eigenvalue weighted by Gasteiger charge is -2.05. The predicted octanol–water partition coefficient (Wildman–Crippen LogP) is 1.88. The third-order valence-corrected chi connectivity index (χ3v) is 2.59. The van der Waals surface area contributed by atoms with Gasteiger partial charge in [-0.1, -0.05) is 12.1 Å².